The van der Waals surface area contributed by atoms with Crippen LogP contribution in [0.1, 0.15) is 11.1 Å². The molecule has 0 nitrogen and oxygen atoms in total. The third kappa shape index (κ3) is 4.38. The minimum Gasteiger partial charge on any atom is -0.207 e. The summed E-state index contributed by atoms with van der Waals surface area (Å²) in [7, 11) is 0. The quantitative estimate of drug-likeness (QED) is 0.576. The van der Waals surface area contributed by atoms with Gasteiger partial charge in [0.25, 0.3) is 0 Å². The van der Waals surface area contributed by atoms with Crippen LogP contribution in [-0.4, -0.2) is 5.33 Å². The Bertz CT molecular complexity index is 584. The molecular formula is C16H14Br2F2. The van der Waals surface area contributed by atoms with E-state index in [0.717, 1.165) is 22.3 Å². The zero-order valence-corrected chi connectivity index (χ0v) is 13.9. The molecule has 2 rings (SSSR count). The van der Waals surface area contributed by atoms with Gasteiger partial charge in [0.05, 0.1) is 0 Å². The number of hydrogen-bond acceptors (Lipinski definition) is 0. The van der Waals surface area contributed by atoms with Crippen molar-refractivity contribution < 1.29 is 8.78 Å². The molecule has 0 N–H and O–H groups in total. The molecule has 0 aliphatic carbocycles. The van der Waals surface area contributed by atoms with Crippen LogP contribution in [0, 0.1) is 17.6 Å². The summed E-state index contributed by atoms with van der Waals surface area (Å²) in [5.74, 6) is -0.510. The Kier molecular flexibility index (Phi) is 5.73. The Labute approximate surface area is 134 Å². The van der Waals surface area contributed by atoms with Crippen LogP contribution in [-0.2, 0) is 12.8 Å². The molecule has 2 aromatic rings. The Morgan fingerprint density at radius 3 is 2.50 bits per heavy atom. The highest BCUT2D eigenvalue weighted by molar-refractivity contribution is 9.10. The summed E-state index contributed by atoms with van der Waals surface area (Å²) in [6.45, 7) is 0. The van der Waals surface area contributed by atoms with E-state index < -0.39 is 5.82 Å². The van der Waals surface area contributed by atoms with Crippen LogP contribution >= 0.6 is 31.9 Å². The van der Waals surface area contributed by atoms with Crippen LogP contribution in [0.25, 0.3) is 0 Å². The summed E-state index contributed by atoms with van der Waals surface area (Å²) in [6.07, 6.45) is 1.34. The molecule has 0 saturated carbocycles. The van der Waals surface area contributed by atoms with Crippen LogP contribution in [0.3, 0.4) is 0 Å². The van der Waals surface area contributed by atoms with E-state index in [0.29, 0.717) is 12.0 Å². The summed E-state index contributed by atoms with van der Waals surface area (Å²) >= 11 is 6.91. The second-order valence-electron chi connectivity index (χ2n) is 4.79. The van der Waals surface area contributed by atoms with Gasteiger partial charge < -0.3 is 0 Å². The molecule has 0 aromatic heterocycles. The van der Waals surface area contributed by atoms with E-state index in [1.54, 1.807) is 0 Å². The molecule has 2 aromatic carbocycles. The molecular weight excluding hydrogens is 390 g/mol. The van der Waals surface area contributed by atoms with E-state index in [1.807, 2.05) is 18.2 Å². The lowest BCUT2D eigenvalue weighted by molar-refractivity contribution is 0.540. The minimum absolute atomic E-state index is 0.223. The molecule has 0 saturated heterocycles. The van der Waals surface area contributed by atoms with Gasteiger partial charge in [0, 0.05) is 9.80 Å². The average molecular weight is 404 g/mol. The van der Waals surface area contributed by atoms with Gasteiger partial charge in [-0.05, 0) is 60.2 Å². The van der Waals surface area contributed by atoms with E-state index in [9.17, 15) is 8.78 Å². The maximum atomic E-state index is 13.7. The van der Waals surface area contributed by atoms with Crippen LogP contribution < -0.4 is 0 Å². The van der Waals surface area contributed by atoms with Crippen LogP contribution in [0.15, 0.2) is 46.9 Å². The van der Waals surface area contributed by atoms with Crippen LogP contribution in [0.4, 0.5) is 8.78 Å². The van der Waals surface area contributed by atoms with Crippen molar-refractivity contribution in [2.45, 2.75) is 12.8 Å². The van der Waals surface area contributed by atoms with Gasteiger partial charge in [0.2, 0.25) is 0 Å². The second kappa shape index (κ2) is 7.32. The highest BCUT2D eigenvalue weighted by atomic mass is 79.9. The molecule has 0 fully saturated rings. The normalized spacial score (nSPS) is 12.4. The fraction of sp³-hybridized carbons (Fsp3) is 0.250. The van der Waals surface area contributed by atoms with E-state index in [-0.39, 0.29) is 11.7 Å². The topological polar surface area (TPSA) is 0 Å². The highest BCUT2D eigenvalue weighted by Gasteiger charge is 2.13. The lowest BCUT2D eigenvalue weighted by atomic mass is 9.94. The van der Waals surface area contributed by atoms with Crippen LogP contribution in [0.5, 0.6) is 0 Å². The summed E-state index contributed by atoms with van der Waals surface area (Å²) in [5.41, 5.74) is 1.62. The first-order chi connectivity index (χ1) is 9.58. The summed E-state index contributed by atoms with van der Waals surface area (Å²) in [6, 6.07) is 11.7. The molecule has 0 spiro atoms. The van der Waals surface area contributed by atoms with E-state index in [4.69, 9.17) is 0 Å². The lowest BCUT2D eigenvalue weighted by Crippen LogP contribution is -2.11. The van der Waals surface area contributed by atoms with Gasteiger partial charge in [-0.2, -0.15) is 0 Å². The molecule has 1 atom stereocenters. The summed E-state index contributed by atoms with van der Waals surface area (Å²) < 4.78 is 27.9. The van der Waals surface area contributed by atoms with Crippen molar-refractivity contribution in [1.29, 1.82) is 0 Å². The average Bonchev–Trinajstić information content (AvgIpc) is 2.42. The summed E-state index contributed by atoms with van der Waals surface area (Å²) in [5, 5.41) is 0.746. The molecule has 0 amide bonds. The largest absolute Gasteiger partial charge is 0.207 e. The van der Waals surface area contributed by atoms with E-state index in [1.165, 1.54) is 17.7 Å². The number of hydrogen-bond donors (Lipinski definition) is 0. The van der Waals surface area contributed by atoms with Gasteiger partial charge in [-0.25, -0.2) is 8.78 Å². The predicted molar refractivity (Wildman–Crippen MR) is 85.2 cm³/mol. The fourth-order valence-corrected chi connectivity index (χ4v) is 3.09. The second-order valence-corrected chi connectivity index (χ2v) is 6.36. The van der Waals surface area contributed by atoms with E-state index >= 15 is 0 Å². The predicted octanol–water partition coefficient (Wildman–Crippen LogP) is 5.52. The number of rotatable bonds is 5. The van der Waals surface area contributed by atoms with Crippen molar-refractivity contribution in [3.63, 3.8) is 0 Å². The highest BCUT2D eigenvalue weighted by Crippen LogP contribution is 2.21. The molecule has 1 unspecified atom stereocenters. The molecule has 0 aliphatic rings. The Hall–Kier alpha value is -0.740. The zero-order valence-electron chi connectivity index (χ0n) is 10.8. The van der Waals surface area contributed by atoms with Crippen molar-refractivity contribution in [2.75, 3.05) is 5.33 Å². The number of halogens is 4. The maximum Gasteiger partial charge on any atom is 0.126 e. The van der Waals surface area contributed by atoms with E-state index in [2.05, 4.69) is 37.9 Å². The maximum absolute atomic E-state index is 13.7. The van der Waals surface area contributed by atoms with Gasteiger partial charge in [0.15, 0.2) is 0 Å². The van der Waals surface area contributed by atoms with Gasteiger partial charge in [-0.3, -0.25) is 0 Å². The molecule has 0 heterocycles. The third-order valence-electron chi connectivity index (χ3n) is 3.15. The smallest absolute Gasteiger partial charge is 0.126 e. The Balaban J connectivity index is 2.11. The van der Waals surface area contributed by atoms with Crippen molar-refractivity contribution in [2.24, 2.45) is 5.92 Å². The standard InChI is InChI=1S/C16H14Br2F2/c17-10-12(6-11-2-1-3-14(18)8-11)7-13-9-15(19)4-5-16(13)20/h1-5,8-9,12H,6-7,10H2. The SMILES string of the molecule is Fc1ccc(F)c(CC(CBr)Cc2cccc(Br)c2)c1. The van der Waals surface area contributed by atoms with Crippen molar-refractivity contribution in [3.05, 3.63) is 69.7 Å². The van der Waals surface area contributed by atoms with Crippen molar-refractivity contribution in [1.82, 2.24) is 0 Å². The van der Waals surface area contributed by atoms with Gasteiger partial charge >= 0.3 is 0 Å². The van der Waals surface area contributed by atoms with Crippen LogP contribution in [0.2, 0.25) is 0 Å². The number of benzene rings is 2. The summed E-state index contributed by atoms with van der Waals surface area (Å²) in [4.78, 5) is 0. The Morgan fingerprint density at radius 1 is 1.00 bits per heavy atom. The monoisotopic (exact) mass is 402 g/mol. The molecule has 0 radical (unpaired) electrons. The fourth-order valence-electron chi connectivity index (χ4n) is 2.19. The minimum atomic E-state index is -0.392. The molecule has 0 aliphatic heterocycles. The van der Waals surface area contributed by atoms with Gasteiger partial charge in [-0.1, -0.05) is 44.0 Å². The Morgan fingerprint density at radius 2 is 1.80 bits per heavy atom. The molecule has 106 valence electrons. The molecule has 20 heavy (non-hydrogen) atoms. The van der Waals surface area contributed by atoms with Gasteiger partial charge in [0.1, 0.15) is 11.6 Å². The first-order valence-electron chi connectivity index (χ1n) is 6.33. The first-order valence-corrected chi connectivity index (χ1v) is 8.24. The van der Waals surface area contributed by atoms with Crippen molar-refractivity contribution in [3.8, 4) is 0 Å². The zero-order chi connectivity index (χ0) is 14.5. The van der Waals surface area contributed by atoms with Crippen molar-refractivity contribution >= 4 is 31.9 Å². The lowest BCUT2D eigenvalue weighted by Gasteiger charge is -2.15. The molecule has 0 bridgehead atoms. The molecule has 4 heteroatoms. The first kappa shape index (κ1) is 15.6. The van der Waals surface area contributed by atoms with Gasteiger partial charge in [-0.15, -0.1) is 0 Å². The number of alkyl halides is 1. The third-order valence-corrected chi connectivity index (χ3v) is 4.56.